The fraction of sp³-hybridized carbons (Fsp3) is 0.611. The van der Waals surface area contributed by atoms with Crippen LogP contribution >= 0.6 is 0 Å². The van der Waals surface area contributed by atoms with Gasteiger partial charge in [0.1, 0.15) is 0 Å². The Morgan fingerprint density at radius 2 is 2.23 bits per heavy atom. The lowest BCUT2D eigenvalue weighted by Gasteiger charge is -2.31. The van der Waals surface area contributed by atoms with Crippen molar-refractivity contribution in [2.24, 2.45) is 0 Å². The lowest BCUT2D eigenvalue weighted by Crippen LogP contribution is -2.40. The zero-order valence-electron chi connectivity index (χ0n) is 13.8. The molecule has 1 aliphatic rings. The summed E-state index contributed by atoms with van der Waals surface area (Å²) in [6, 6.07) is 8.50. The molecule has 1 N–H and O–H groups in total. The highest BCUT2D eigenvalue weighted by Crippen LogP contribution is 2.12. The Bertz CT molecular complexity index is 476. The minimum Gasteiger partial charge on any atom is -0.376 e. The quantitative estimate of drug-likeness (QED) is 0.842. The number of nitrogens with one attached hydrogen (secondary N) is 1. The topological polar surface area (TPSA) is 41.6 Å². The fourth-order valence-corrected chi connectivity index (χ4v) is 2.76. The molecule has 1 aromatic rings. The molecule has 1 fully saturated rings. The van der Waals surface area contributed by atoms with Crippen LogP contribution in [0, 0.1) is 0 Å². The molecule has 22 heavy (non-hydrogen) atoms. The Kier molecular flexibility index (Phi) is 6.87. The summed E-state index contributed by atoms with van der Waals surface area (Å²) in [6.45, 7) is 8.58. The third-order valence-electron chi connectivity index (χ3n) is 3.97. The molecule has 0 aliphatic carbocycles. The van der Waals surface area contributed by atoms with E-state index < -0.39 is 0 Å². The van der Waals surface area contributed by atoms with Crippen molar-refractivity contribution in [3.8, 4) is 0 Å². The van der Waals surface area contributed by atoms with Crippen LogP contribution in [0.25, 0.3) is 0 Å². The molecule has 1 saturated heterocycles. The maximum Gasteiger partial charge on any atom is 0.220 e. The molecular weight excluding hydrogens is 276 g/mol. The van der Waals surface area contributed by atoms with Crippen molar-refractivity contribution in [1.82, 2.24) is 10.2 Å². The van der Waals surface area contributed by atoms with Gasteiger partial charge in [0, 0.05) is 32.6 Å². The molecule has 0 saturated carbocycles. The zero-order valence-corrected chi connectivity index (χ0v) is 13.8. The number of benzene rings is 1. The fourth-order valence-electron chi connectivity index (χ4n) is 2.76. The van der Waals surface area contributed by atoms with E-state index in [-0.39, 0.29) is 5.91 Å². The lowest BCUT2D eigenvalue weighted by molar-refractivity contribution is -0.121. The van der Waals surface area contributed by atoms with Crippen LogP contribution in [0.15, 0.2) is 24.3 Å². The van der Waals surface area contributed by atoms with E-state index in [2.05, 4.69) is 48.3 Å². The molecule has 0 spiro atoms. The highest BCUT2D eigenvalue weighted by Gasteiger charge is 2.16. The molecule has 4 heteroatoms. The number of hydrogen-bond donors (Lipinski definition) is 1. The zero-order chi connectivity index (χ0) is 15.8. The van der Waals surface area contributed by atoms with Crippen LogP contribution in [0.1, 0.15) is 44.2 Å². The van der Waals surface area contributed by atoms with Gasteiger partial charge in [-0.1, -0.05) is 37.6 Å². The van der Waals surface area contributed by atoms with Gasteiger partial charge >= 0.3 is 0 Å². The molecule has 0 radical (unpaired) electrons. The van der Waals surface area contributed by atoms with Crippen molar-refractivity contribution in [3.05, 3.63) is 35.4 Å². The Morgan fingerprint density at radius 1 is 1.41 bits per heavy atom. The number of carbonyl (C=O) groups is 1. The van der Waals surface area contributed by atoms with Gasteiger partial charge in [0.05, 0.1) is 12.7 Å². The molecular formula is C18H28N2O2. The van der Waals surface area contributed by atoms with Gasteiger partial charge in [0.15, 0.2) is 0 Å². The van der Waals surface area contributed by atoms with Crippen LogP contribution in [0.5, 0.6) is 0 Å². The second kappa shape index (κ2) is 8.91. The first kappa shape index (κ1) is 17.0. The molecule has 2 rings (SSSR count). The summed E-state index contributed by atoms with van der Waals surface area (Å²) in [5.41, 5.74) is 2.47. The molecule has 1 aromatic carbocycles. The highest BCUT2D eigenvalue weighted by atomic mass is 16.5. The van der Waals surface area contributed by atoms with Crippen molar-refractivity contribution in [2.45, 2.75) is 52.3 Å². The van der Waals surface area contributed by atoms with E-state index in [4.69, 9.17) is 4.74 Å². The Morgan fingerprint density at radius 3 is 3.00 bits per heavy atom. The van der Waals surface area contributed by atoms with Gasteiger partial charge in [0.2, 0.25) is 5.91 Å². The molecule has 1 atom stereocenters. The van der Waals surface area contributed by atoms with Crippen molar-refractivity contribution < 1.29 is 9.53 Å². The van der Waals surface area contributed by atoms with E-state index in [0.717, 1.165) is 39.1 Å². The number of morpholine rings is 1. The van der Waals surface area contributed by atoms with Crippen LogP contribution in [0.4, 0.5) is 0 Å². The number of unbranched alkanes of at least 4 members (excludes halogenated alkanes) is 1. The van der Waals surface area contributed by atoms with E-state index in [1.165, 1.54) is 11.1 Å². The normalized spacial score (nSPS) is 19.1. The molecule has 1 heterocycles. The van der Waals surface area contributed by atoms with Crippen LogP contribution < -0.4 is 5.32 Å². The molecule has 0 bridgehead atoms. The number of rotatable bonds is 7. The van der Waals surface area contributed by atoms with Crippen molar-refractivity contribution >= 4 is 5.91 Å². The number of nitrogens with zero attached hydrogens (tertiary/aromatic N) is 1. The van der Waals surface area contributed by atoms with Gasteiger partial charge in [-0.15, -0.1) is 0 Å². The molecule has 1 unspecified atom stereocenters. The van der Waals surface area contributed by atoms with Crippen molar-refractivity contribution in [1.29, 1.82) is 0 Å². The van der Waals surface area contributed by atoms with Crippen molar-refractivity contribution in [2.75, 3.05) is 19.7 Å². The minimum absolute atomic E-state index is 0.147. The SMILES string of the molecule is CCCCC(=O)NCc1cccc(CN2CCOC(C)C2)c1. The maximum absolute atomic E-state index is 11.7. The molecule has 1 aliphatic heterocycles. The summed E-state index contributed by atoms with van der Waals surface area (Å²) in [7, 11) is 0. The van der Waals surface area contributed by atoms with E-state index in [0.29, 0.717) is 19.1 Å². The van der Waals surface area contributed by atoms with E-state index >= 15 is 0 Å². The second-order valence-corrected chi connectivity index (χ2v) is 6.12. The van der Waals surface area contributed by atoms with Crippen molar-refractivity contribution in [3.63, 3.8) is 0 Å². The van der Waals surface area contributed by atoms with Crippen LogP contribution in [0.3, 0.4) is 0 Å². The van der Waals surface area contributed by atoms with Gasteiger partial charge in [-0.25, -0.2) is 0 Å². The monoisotopic (exact) mass is 304 g/mol. The summed E-state index contributed by atoms with van der Waals surface area (Å²) in [6.07, 6.45) is 2.96. The average Bonchev–Trinajstić information content (AvgIpc) is 2.51. The number of amides is 1. The number of carbonyl (C=O) groups excluding carboxylic acids is 1. The van der Waals surface area contributed by atoms with Crippen LogP contribution in [0.2, 0.25) is 0 Å². The summed E-state index contributed by atoms with van der Waals surface area (Å²) < 4.78 is 5.58. The van der Waals surface area contributed by atoms with Gasteiger partial charge < -0.3 is 10.1 Å². The van der Waals surface area contributed by atoms with Gasteiger partial charge in [0.25, 0.3) is 0 Å². The highest BCUT2D eigenvalue weighted by molar-refractivity contribution is 5.75. The van der Waals surface area contributed by atoms with Crippen LogP contribution in [-0.2, 0) is 22.6 Å². The smallest absolute Gasteiger partial charge is 0.220 e. The third kappa shape index (κ3) is 5.78. The summed E-state index contributed by atoms with van der Waals surface area (Å²) in [5, 5.41) is 3.00. The Labute approximate surface area is 133 Å². The predicted molar refractivity (Wildman–Crippen MR) is 88.5 cm³/mol. The Hall–Kier alpha value is -1.39. The molecule has 4 nitrogen and oxygen atoms in total. The number of ether oxygens (including phenoxy) is 1. The number of hydrogen-bond acceptors (Lipinski definition) is 3. The Balaban J connectivity index is 1.83. The summed E-state index contributed by atoms with van der Waals surface area (Å²) in [5.74, 6) is 0.147. The molecule has 1 amide bonds. The lowest BCUT2D eigenvalue weighted by atomic mass is 10.1. The van der Waals surface area contributed by atoms with E-state index in [1.54, 1.807) is 0 Å². The first-order valence-electron chi connectivity index (χ1n) is 8.36. The molecule has 122 valence electrons. The predicted octanol–water partition coefficient (Wildman–Crippen LogP) is 2.71. The largest absolute Gasteiger partial charge is 0.376 e. The first-order chi connectivity index (χ1) is 10.7. The standard InChI is InChI=1S/C18H28N2O2/c1-3-4-8-18(21)19-12-16-6-5-7-17(11-16)14-20-9-10-22-15(2)13-20/h5-7,11,15H,3-4,8-10,12-14H2,1-2H3,(H,19,21). The maximum atomic E-state index is 11.7. The average molecular weight is 304 g/mol. The van der Waals surface area contributed by atoms with Gasteiger partial charge in [-0.2, -0.15) is 0 Å². The summed E-state index contributed by atoms with van der Waals surface area (Å²) in [4.78, 5) is 14.1. The minimum atomic E-state index is 0.147. The van der Waals surface area contributed by atoms with Crippen LogP contribution in [-0.4, -0.2) is 36.6 Å². The third-order valence-corrected chi connectivity index (χ3v) is 3.97. The van der Waals surface area contributed by atoms with E-state index in [9.17, 15) is 4.79 Å². The molecule has 0 aromatic heterocycles. The summed E-state index contributed by atoms with van der Waals surface area (Å²) >= 11 is 0. The van der Waals surface area contributed by atoms with Gasteiger partial charge in [-0.05, 0) is 24.5 Å². The first-order valence-corrected chi connectivity index (χ1v) is 8.36. The van der Waals surface area contributed by atoms with E-state index in [1.807, 2.05) is 0 Å². The second-order valence-electron chi connectivity index (χ2n) is 6.12. The van der Waals surface area contributed by atoms with Gasteiger partial charge in [-0.3, -0.25) is 9.69 Å².